The van der Waals surface area contributed by atoms with Crippen LogP contribution in [0.5, 0.6) is 0 Å². The van der Waals surface area contributed by atoms with Crippen LogP contribution in [0.15, 0.2) is 70.5 Å². The highest BCUT2D eigenvalue weighted by molar-refractivity contribution is 8.00. The Morgan fingerprint density at radius 2 is 0.787 bits per heavy atom. The standard InChI is InChI=1S/C57H70N2SSi/c1-51(2,3)31-21-23-38-34(25-31)56(16,17)44-36(54(10,11)12)29-42-49-46(44)58(38)40-27-33(53(7,8)9)28-41-48(40)61(49,20)50-43(60-42)30-37(55(13,14)15)45-47(50)59(41)39-24-22-32(52(4,5)6)26-35(39)57(45,18)19/h21-30H,1-20H3. The molecule has 10 rings (SSSR count). The van der Waals surface area contributed by atoms with Crippen molar-refractivity contribution in [3.8, 4) is 0 Å². The van der Waals surface area contributed by atoms with E-state index in [1.54, 1.807) is 15.6 Å². The van der Waals surface area contributed by atoms with Crippen LogP contribution in [0.2, 0.25) is 6.55 Å². The van der Waals surface area contributed by atoms with Crippen LogP contribution in [0.3, 0.4) is 0 Å². The highest BCUT2D eigenvalue weighted by Gasteiger charge is 2.60. The van der Waals surface area contributed by atoms with Crippen molar-refractivity contribution in [1.29, 1.82) is 0 Å². The number of anilines is 6. The Hall–Kier alpha value is -3.73. The predicted molar refractivity (Wildman–Crippen MR) is 268 cm³/mol. The van der Waals surface area contributed by atoms with Crippen LogP contribution < -0.4 is 25.4 Å². The van der Waals surface area contributed by atoms with Crippen molar-refractivity contribution in [2.75, 3.05) is 9.80 Å². The highest BCUT2D eigenvalue weighted by Crippen LogP contribution is 2.64. The lowest BCUT2D eigenvalue weighted by Gasteiger charge is -2.58. The van der Waals surface area contributed by atoms with Crippen molar-refractivity contribution in [3.63, 3.8) is 0 Å². The first-order valence-corrected chi connectivity index (χ1v) is 26.4. The van der Waals surface area contributed by atoms with Gasteiger partial charge in [0.2, 0.25) is 0 Å². The van der Waals surface area contributed by atoms with E-state index in [4.69, 9.17) is 0 Å². The molecule has 0 fully saturated rings. The molecular formula is C57H70N2SSi. The highest BCUT2D eigenvalue weighted by atomic mass is 32.2. The van der Waals surface area contributed by atoms with Gasteiger partial charge in [-0.2, -0.15) is 0 Å². The van der Waals surface area contributed by atoms with Crippen molar-refractivity contribution < 1.29 is 0 Å². The average molecular weight is 843 g/mol. The summed E-state index contributed by atoms with van der Waals surface area (Å²) in [5.74, 6) is 0. The Bertz CT molecular complexity index is 2640. The van der Waals surface area contributed by atoms with E-state index >= 15 is 0 Å². The molecule has 0 unspecified atom stereocenters. The molecular weight excluding hydrogens is 773 g/mol. The van der Waals surface area contributed by atoms with E-state index < -0.39 is 8.07 Å². The second-order valence-electron chi connectivity index (χ2n) is 25.8. The lowest BCUT2D eigenvalue weighted by molar-refractivity contribution is 0.541. The van der Waals surface area contributed by atoms with Crippen molar-refractivity contribution in [2.45, 2.75) is 186 Å². The molecule has 0 amide bonds. The summed E-state index contributed by atoms with van der Waals surface area (Å²) < 4.78 is 0. The molecule has 4 heteroatoms. The summed E-state index contributed by atoms with van der Waals surface area (Å²) in [4.78, 5) is 8.57. The van der Waals surface area contributed by atoms with Crippen LogP contribution >= 0.6 is 11.8 Å². The topological polar surface area (TPSA) is 6.48 Å². The van der Waals surface area contributed by atoms with Gasteiger partial charge in [-0.1, -0.05) is 174 Å². The summed E-state index contributed by atoms with van der Waals surface area (Å²) in [7, 11) is -2.72. The summed E-state index contributed by atoms with van der Waals surface area (Å²) >= 11 is 2.08. The molecule has 0 atom stereocenters. The minimum absolute atomic E-state index is 0.0372. The molecule has 5 aromatic carbocycles. The number of fused-ring (bicyclic) bond motifs is 6. The van der Waals surface area contributed by atoms with E-state index in [-0.39, 0.29) is 37.9 Å². The van der Waals surface area contributed by atoms with Crippen LogP contribution in [-0.4, -0.2) is 8.07 Å². The molecule has 0 saturated heterocycles. The van der Waals surface area contributed by atoms with Gasteiger partial charge in [-0.15, -0.1) is 0 Å². The lowest BCUT2D eigenvalue weighted by atomic mass is 9.66. The van der Waals surface area contributed by atoms with Gasteiger partial charge < -0.3 is 9.80 Å². The molecule has 0 N–H and O–H groups in total. The second kappa shape index (κ2) is 11.7. The van der Waals surface area contributed by atoms with Crippen LogP contribution in [0.25, 0.3) is 0 Å². The largest absolute Gasteiger partial charge is 0.310 e. The predicted octanol–water partition coefficient (Wildman–Crippen LogP) is 14.6. The van der Waals surface area contributed by atoms with Crippen LogP contribution in [0.1, 0.15) is 182 Å². The smallest absolute Gasteiger partial charge is 0.159 e. The lowest BCUT2D eigenvalue weighted by Crippen LogP contribution is -2.74. The Balaban J connectivity index is 1.45. The van der Waals surface area contributed by atoms with Crippen LogP contribution in [0.4, 0.5) is 34.1 Å². The molecule has 5 aromatic rings. The Kier molecular flexibility index (Phi) is 7.91. The van der Waals surface area contributed by atoms with E-state index in [0.717, 1.165) is 0 Å². The molecule has 318 valence electrons. The zero-order chi connectivity index (χ0) is 44.5. The normalized spacial score (nSPS) is 18.4. The fraction of sp³-hybridized carbons (Fsp3) is 0.474. The van der Waals surface area contributed by atoms with E-state index in [1.165, 1.54) is 94.0 Å². The fourth-order valence-electron chi connectivity index (χ4n) is 12.1. The van der Waals surface area contributed by atoms with Crippen molar-refractivity contribution >= 4 is 69.5 Å². The van der Waals surface area contributed by atoms with Gasteiger partial charge in [0.1, 0.15) is 0 Å². The number of hydrogen-bond donors (Lipinski definition) is 0. The Morgan fingerprint density at radius 1 is 0.426 bits per heavy atom. The third-order valence-corrected chi connectivity index (χ3v) is 21.5. The van der Waals surface area contributed by atoms with Gasteiger partial charge in [-0.05, 0) is 129 Å². The van der Waals surface area contributed by atoms with Crippen molar-refractivity contribution in [3.05, 3.63) is 111 Å². The van der Waals surface area contributed by atoms with Gasteiger partial charge >= 0.3 is 0 Å². The maximum absolute atomic E-state index is 2.80. The second-order valence-corrected chi connectivity index (χ2v) is 30.6. The first-order chi connectivity index (χ1) is 27.8. The van der Waals surface area contributed by atoms with E-state index in [9.17, 15) is 0 Å². The molecule has 0 saturated carbocycles. The zero-order valence-corrected chi connectivity index (χ0v) is 42.9. The monoisotopic (exact) mass is 843 g/mol. The van der Waals surface area contributed by atoms with Crippen molar-refractivity contribution in [2.24, 2.45) is 0 Å². The molecule has 0 aromatic heterocycles. The summed E-state index contributed by atoms with van der Waals surface area (Å²) in [6, 6.07) is 25.7. The van der Waals surface area contributed by atoms with E-state index in [1.807, 2.05) is 0 Å². The maximum atomic E-state index is 2.80. The number of rotatable bonds is 0. The first-order valence-electron chi connectivity index (χ1n) is 23.0. The molecule has 0 spiro atoms. The molecule has 2 nitrogen and oxygen atoms in total. The van der Waals surface area contributed by atoms with Gasteiger partial charge in [-0.3, -0.25) is 0 Å². The van der Waals surface area contributed by atoms with Gasteiger partial charge in [0.05, 0.1) is 22.7 Å². The molecule has 5 heterocycles. The molecule has 5 aliphatic heterocycles. The summed E-state index contributed by atoms with van der Waals surface area (Å²) in [6.45, 7) is 49.0. The van der Waals surface area contributed by atoms with E-state index in [0.29, 0.717) is 0 Å². The maximum Gasteiger partial charge on any atom is 0.159 e. The van der Waals surface area contributed by atoms with Gasteiger partial charge in [0, 0.05) is 32.0 Å². The summed E-state index contributed by atoms with van der Waals surface area (Å²) in [5, 5.41) is 4.87. The Labute approximate surface area is 374 Å². The van der Waals surface area contributed by atoms with Gasteiger partial charge in [0.15, 0.2) is 8.07 Å². The first kappa shape index (κ1) is 41.3. The number of nitrogens with zero attached hydrogens (tertiary/aromatic N) is 2. The van der Waals surface area contributed by atoms with Crippen LogP contribution in [0, 0.1) is 0 Å². The molecule has 0 radical (unpaired) electrons. The zero-order valence-electron chi connectivity index (χ0n) is 41.1. The minimum Gasteiger partial charge on any atom is -0.310 e. The summed E-state index contributed by atoms with van der Waals surface area (Å²) in [5.41, 5.74) is 21.1. The molecule has 5 aliphatic rings. The molecule has 0 bridgehead atoms. The van der Waals surface area contributed by atoms with E-state index in [2.05, 4.69) is 220 Å². The average Bonchev–Trinajstić information content (AvgIpc) is 3.11. The quantitative estimate of drug-likeness (QED) is 0.141. The molecule has 61 heavy (non-hydrogen) atoms. The third-order valence-electron chi connectivity index (χ3n) is 15.6. The minimum atomic E-state index is -2.72. The number of benzene rings is 5. The SMILES string of the molecule is CC(C)(C)c1cc2c3c(c1)N1c4ccc(C(C)(C)C)cc4C(C)(C)c4c(C(C)(C)C)cc5c(c41)[Si]3(C)c1c(cc(C(C)(C)C)c3c1N2c1ccc(C(C)(C)C)cc1C3(C)C)S5. The molecule has 0 aliphatic carbocycles. The van der Waals surface area contributed by atoms with Crippen LogP contribution in [-0.2, 0) is 37.9 Å². The third kappa shape index (κ3) is 5.21. The Morgan fingerprint density at radius 3 is 1.11 bits per heavy atom. The fourth-order valence-corrected chi connectivity index (χ4v) is 19.3. The van der Waals surface area contributed by atoms with Gasteiger partial charge in [0.25, 0.3) is 0 Å². The van der Waals surface area contributed by atoms with Crippen molar-refractivity contribution in [1.82, 2.24) is 0 Å². The number of hydrogen-bond acceptors (Lipinski definition) is 3. The summed E-state index contributed by atoms with van der Waals surface area (Å²) in [6.07, 6.45) is 0. The van der Waals surface area contributed by atoms with Gasteiger partial charge in [-0.25, -0.2) is 0 Å².